The summed E-state index contributed by atoms with van der Waals surface area (Å²) in [4.78, 5) is 12.0. The van der Waals surface area contributed by atoms with Gasteiger partial charge >= 0.3 is 6.03 Å². The fraction of sp³-hybridized carbons (Fsp3) is 0.190. The molecule has 0 unspecified atom stereocenters. The van der Waals surface area contributed by atoms with E-state index in [1.54, 1.807) is 6.07 Å². The Bertz CT molecular complexity index is 845. The molecule has 0 fully saturated rings. The summed E-state index contributed by atoms with van der Waals surface area (Å²) in [6.45, 7) is 1.57. The molecule has 3 rings (SSSR count). The quantitative estimate of drug-likeness (QED) is 0.670. The van der Waals surface area contributed by atoms with Crippen molar-refractivity contribution in [3.8, 4) is 0 Å². The van der Waals surface area contributed by atoms with Crippen molar-refractivity contribution in [2.75, 3.05) is 6.54 Å². The van der Waals surface area contributed by atoms with Gasteiger partial charge in [-0.1, -0.05) is 42.5 Å². The van der Waals surface area contributed by atoms with Crippen molar-refractivity contribution in [3.63, 3.8) is 0 Å². The van der Waals surface area contributed by atoms with E-state index in [1.807, 2.05) is 59.3 Å². The van der Waals surface area contributed by atoms with E-state index in [2.05, 4.69) is 10.6 Å². The van der Waals surface area contributed by atoms with Crippen LogP contribution in [0.1, 0.15) is 16.8 Å². The molecule has 3 aromatic rings. The SMILES string of the molecule is O=C(NCCc1ccccc1)NCc1cccn1Cc1cccc(F)c1. The maximum Gasteiger partial charge on any atom is 0.315 e. The highest BCUT2D eigenvalue weighted by Crippen LogP contribution is 2.09. The lowest BCUT2D eigenvalue weighted by Gasteiger charge is -2.11. The van der Waals surface area contributed by atoms with Gasteiger partial charge in [-0.3, -0.25) is 0 Å². The number of aromatic nitrogens is 1. The molecule has 2 aromatic carbocycles. The summed E-state index contributed by atoms with van der Waals surface area (Å²) < 4.78 is 15.3. The van der Waals surface area contributed by atoms with Gasteiger partial charge in [-0.15, -0.1) is 0 Å². The number of halogens is 1. The molecule has 5 heteroatoms. The van der Waals surface area contributed by atoms with Crippen LogP contribution in [0, 0.1) is 5.82 Å². The molecule has 0 spiro atoms. The van der Waals surface area contributed by atoms with Gasteiger partial charge in [-0.25, -0.2) is 9.18 Å². The molecule has 0 radical (unpaired) electrons. The fourth-order valence-corrected chi connectivity index (χ4v) is 2.79. The highest BCUT2D eigenvalue weighted by molar-refractivity contribution is 5.73. The number of nitrogens with one attached hydrogen (secondary N) is 2. The summed E-state index contributed by atoms with van der Waals surface area (Å²) in [7, 11) is 0. The second kappa shape index (κ2) is 8.85. The maximum atomic E-state index is 13.3. The third kappa shape index (κ3) is 5.21. The lowest BCUT2D eigenvalue weighted by atomic mass is 10.1. The monoisotopic (exact) mass is 351 g/mol. The van der Waals surface area contributed by atoms with E-state index in [0.29, 0.717) is 19.6 Å². The zero-order chi connectivity index (χ0) is 18.2. The highest BCUT2D eigenvalue weighted by atomic mass is 19.1. The highest BCUT2D eigenvalue weighted by Gasteiger charge is 2.05. The van der Waals surface area contributed by atoms with Gasteiger partial charge < -0.3 is 15.2 Å². The first-order chi connectivity index (χ1) is 12.7. The van der Waals surface area contributed by atoms with Crippen LogP contribution in [0.4, 0.5) is 9.18 Å². The van der Waals surface area contributed by atoms with Crippen LogP contribution in [0.25, 0.3) is 0 Å². The smallest absolute Gasteiger partial charge is 0.315 e. The van der Waals surface area contributed by atoms with Crippen LogP contribution >= 0.6 is 0 Å². The first-order valence-corrected chi connectivity index (χ1v) is 8.65. The van der Waals surface area contributed by atoms with Crippen LogP contribution < -0.4 is 10.6 Å². The van der Waals surface area contributed by atoms with Crippen LogP contribution in [0.5, 0.6) is 0 Å². The van der Waals surface area contributed by atoms with E-state index in [4.69, 9.17) is 0 Å². The van der Waals surface area contributed by atoms with Gasteiger partial charge in [-0.05, 0) is 41.8 Å². The van der Waals surface area contributed by atoms with Gasteiger partial charge in [0.05, 0.1) is 6.54 Å². The van der Waals surface area contributed by atoms with E-state index >= 15 is 0 Å². The van der Waals surface area contributed by atoms with Crippen LogP contribution in [-0.2, 0) is 19.5 Å². The summed E-state index contributed by atoms with van der Waals surface area (Å²) in [5, 5.41) is 5.73. The van der Waals surface area contributed by atoms with Gasteiger partial charge in [0.1, 0.15) is 5.82 Å². The van der Waals surface area contributed by atoms with Crippen LogP contribution in [0.2, 0.25) is 0 Å². The molecule has 0 aliphatic heterocycles. The van der Waals surface area contributed by atoms with Gasteiger partial charge in [-0.2, -0.15) is 0 Å². The van der Waals surface area contributed by atoms with Crippen molar-refractivity contribution in [1.29, 1.82) is 0 Å². The molecule has 134 valence electrons. The Morgan fingerprint density at radius 3 is 2.54 bits per heavy atom. The number of carbonyl (C=O) groups is 1. The second-order valence-electron chi connectivity index (χ2n) is 6.10. The molecular formula is C21H22FN3O. The summed E-state index contributed by atoms with van der Waals surface area (Å²) in [6.07, 6.45) is 2.72. The van der Waals surface area contributed by atoms with Crippen molar-refractivity contribution < 1.29 is 9.18 Å². The zero-order valence-electron chi connectivity index (χ0n) is 14.5. The Balaban J connectivity index is 1.46. The van der Waals surface area contributed by atoms with Crippen LogP contribution in [0.15, 0.2) is 72.9 Å². The Hall–Kier alpha value is -3.08. The predicted molar refractivity (Wildman–Crippen MR) is 100 cm³/mol. The summed E-state index contributed by atoms with van der Waals surface area (Å²) >= 11 is 0. The molecule has 0 saturated carbocycles. The van der Waals surface area contributed by atoms with Crippen molar-refractivity contribution in [1.82, 2.24) is 15.2 Å². The number of benzene rings is 2. The number of hydrogen-bond acceptors (Lipinski definition) is 1. The maximum absolute atomic E-state index is 13.3. The molecule has 0 saturated heterocycles. The lowest BCUT2D eigenvalue weighted by Crippen LogP contribution is -2.36. The number of hydrogen-bond donors (Lipinski definition) is 2. The van der Waals surface area contributed by atoms with Crippen molar-refractivity contribution >= 4 is 6.03 Å². The normalized spacial score (nSPS) is 10.5. The van der Waals surface area contributed by atoms with Gasteiger partial charge in [0, 0.05) is 25.0 Å². The van der Waals surface area contributed by atoms with Gasteiger partial charge in [0.15, 0.2) is 0 Å². The van der Waals surface area contributed by atoms with E-state index in [1.165, 1.54) is 17.7 Å². The van der Waals surface area contributed by atoms with Gasteiger partial charge in [0.25, 0.3) is 0 Å². The molecule has 4 nitrogen and oxygen atoms in total. The van der Waals surface area contributed by atoms with Crippen molar-refractivity contribution in [2.45, 2.75) is 19.5 Å². The molecule has 0 aliphatic carbocycles. The van der Waals surface area contributed by atoms with E-state index in [9.17, 15) is 9.18 Å². The minimum Gasteiger partial charge on any atom is -0.345 e. The third-order valence-corrected chi connectivity index (χ3v) is 4.14. The standard InChI is InChI=1S/C21H22FN3O/c22-19-9-4-8-18(14-19)16-25-13-5-10-20(25)15-24-21(26)23-12-11-17-6-2-1-3-7-17/h1-10,13-14H,11-12,15-16H2,(H2,23,24,26). The lowest BCUT2D eigenvalue weighted by molar-refractivity contribution is 0.240. The Morgan fingerprint density at radius 1 is 0.923 bits per heavy atom. The van der Waals surface area contributed by atoms with E-state index in [-0.39, 0.29) is 11.8 Å². The zero-order valence-corrected chi connectivity index (χ0v) is 14.5. The molecule has 0 aliphatic rings. The summed E-state index contributed by atoms with van der Waals surface area (Å²) in [6, 6.07) is 20.2. The number of amides is 2. The van der Waals surface area contributed by atoms with E-state index in [0.717, 1.165) is 17.7 Å². The average molecular weight is 351 g/mol. The average Bonchev–Trinajstić information content (AvgIpc) is 3.08. The molecule has 26 heavy (non-hydrogen) atoms. The number of rotatable bonds is 7. The Labute approximate surface area is 152 Å². The molecular weight excluding hydrogens is 329 g/mol. The number of nitrogens with zero attached hydrogens (tertiary/aromatic N) is 1. The van der Waals surface area contributed by atoms with Crippen molar-refractivity contribution in [3.05, 3.63) is 95.6 Å². The molecule has 0 atom stereocenters. The number of urea groups is 1. The Kier molecular flexibility index (Phi) is 6.04. The molecule has 2 amide bonds. The fourth-order valence-electron chi connectivity index (χ4n) is 2.79. The first-order valence-electron chi connectivity index (χ1n) is 8.65. The van der Waals surface area contributed by atoms with Crippen molar-refractivity contribution in [2.24, 2.45) is 0 Å². The molecule has 1 aromatic heterocycles. The topological polar surface area (TPSA) is 46.1 Å². The van der Waals surface area contributed by atoms with Gasteiger partial charge in [0.2, 0.25) is 0 Å². The number of carbonyl (C=O) groups excluding carboxylic acids is 1. The second-order valence-corrected chi connectivity index (χ2v) is 6.10. The summed E-state index contributed by atoms with van der Waals surface area (Å²) in [5.41, 5.74) is 3.04. The first kappa shape index (κ1) is 17.7. The predicted octanol–water partition coefficient (Wildman–Crippen LogP) is 3.72. The minimum absolute atomic E-state index is 0.195. The third-order valence-electron chi connectivity index (χ3n) is 4.14. The van der Waals surface area contributed by atoms with Crippen LogP contribution in [0.3, 0.4) is 0 Å². The molecule has 0 bridgehead atoms. The molecule has 1 heterocycles. The summed E-state index contributed by atoms with van der Waals surface area (Å²) in [5.74, 6) is -0.243. The Morgan fingerprint density at radius 2 is 1.73 bits per heavy atom. The largest absolute Gasteiger partial charge is 0.345 e. The van der Waals surface area contributed by atoms with E-state index < -0.39 is 0 Å². The minimum atomic E-state index is -0.243. The molecule has 2 N–H and O–H groups in total. The van der Waals surface area contributed by atoms with Crippen LogP contribution in [-0.4, -0.2) is 17.1 Å².